The molecule has 0 rings (SSSR count). The first-order valence-electron chi connectivity index (χ1n) is 2.38. The van der Waals surface area contributed by atoms with Crippen molar-refractivity contribution in [3.05, 3.63) is 11.1 Å². The highest BCUT2D eigenvalue weighted by Crippen LogP contribution is 1.98. The lowest BCUT2D eigenvalue weighted by Crippen LogP contribution is -2.23. The first-order valence-corrected chi connectivity index (χ1v) is 2.38. The van der Waals surface area contributed by atoms with Crippen LogP contribution in [0.5, 0.6) is 0 Å². The van der Waals surface area contributed by atoms with Crippen molar-refractivity contribution in [3.8, 4) is 6.07 Å². The molecule has 0 atom stereocenters. The van der Waals surface area contributed by atoms with Crippen LogP contribution in [0.25, 0.3) is 0 Å². The Kier molecular flexibility index (Phi) is 2.46. The number of hydrogen-bond acceptors (Lipinski definition) is 3. The standard InChI is InChI=1S/C6H7NO2/c1-4(3-7)5(2)6(8)9/h1-2H3,(H,8,9)/p-1/b5-4-. The molecule has 0 fully saturated rings. The maximum atomic E-state index is 9.98. The van der Waals surface area contributed by atoms with Gasteiger partial charge in [0, 0.05) is 5.57 Å². The lowest BCUT2D eigenvalue weighted by Gasteiger charge is -2.00. The topological polar surface area (TPSA) is 63.9 Å². The molecule has 3 nitrogen and oxygen atoms in total. The van der Waals surface area contributed by atoms with Gasteiger partial charge in [0.2, 0.25) is 0 Å². The lowest BCUT2D eigenvalue weighted by atomic mass is 10.2. The number of carboxylic acid groups (broad SMARTS) is 1. The third-order valence-corrected chi connectivity index (χ3v) is 1.04. The summed E-state index contributed by atoms with van der Waals surface area (Å²) in [5, 5.41) is 18.1. The molecule has 0 aromatic rings. The van der Waals surface area contributed by atoms with Gasteiger partial charge in [-0.05, 0) is 19.4 Å². The van der Waals surface area contributed by atoms with Crippen LogP contribution in [0.3, 0.4) is 0 Å². The minimum absolute atomic E-state index is 0.00231. The van der Waals surface area contributed by atoms with Gasteiger partial charge in [-0.25, -0.2) is 0 Å². The van der Waals surface area contributed by atoms with Gasteiger partial charge in [0.25, 0.3) is 0 Å². The summed E-state index contributed by atoms with van der Waals surface area (Å²) in [4.78, 5) is 9.98. The molecule has 0 spiro atoms. The number of rotatable bonds is 1. The zero-order chi connectivity index (χ0) is 7.44. The monoisotopic (exact) mass is 124 g/mol. The second-order valence-electron chi connectivity index (χ2n) is 1.65. The fraction of sp³-hybridized carbons (Fsp3) is 0.333. The van der Waals surface area contributed by atoms with E-state index in [-0.39, 0.29) is 11.1 Å². The van der Waals surface area contributed by atoms with E-state index in [0.29, 0.717) is 0 Å². The minimum atomic E-state index is -1.28. The molecule has 0 heterocycles. The lowest BCUT2D eigenvalue weighted by molar-refractivity contribution is -0.299. The number of hydrogen-bond donors (Lipinski definition) is 0. The van der Waals surface area contributed by atoms with Crippen LogP contribution in [0.1, 0.15) is 13.8 Å². The van der Waals surface area contributed by atoms with Gasteiger partial charge in [0.1, 0.15) is 0 Å². The number of nitrogens with zero attached hydrogens (tertiary/aromatic N) is 1. The molecule has 9 heavy (non-hydrogen) atoms. The van der Waals surface area contributed by atoms with E-state index >= 15 is 0 Å². The fourth-order valence-electron chi connectivity index (χ4n) is 0.237. The van der Waals surface area contributed by atoms with Gasteiger partial charge in [-0.1, -0.05) is 0 Å². The van der Waals surface area contributed by atoms with Gasteiger partial charge in [0.15, 0.2) is 0 Å². The van der Waals surface area contributed by atoms with E-state index < -0.39 is 5.97 Å². The second kappa shape index (κ2) is 2.88. The maximum Gasteiger partial charge on any atom is 0.0947 e. The number of aliphatic carboxylic acids is 1. The molecule has 3 heteroatoms. The van der Waals surface area contributed by atoms with Crippen molar-refractivity contribution in [2.75, 3.05) is 0 Å². The van der Waals surface area contributed by atoms with Crippen molar-refractivity contribution < 1.29 is 9.90 Å². The Morgan fingerprint density at radius 3 is 2.11 bits per heavy atom. The number of allylic oxidation sites excluding steroid dienone is 1. The van der Waals surface area contributed by atoms with Crippen molar-refractivity contribution in [2.24, 2.45) is 0 Å². The average Bonchev–Trinajstić information content (AvgIpc) is 1.84. The van der Waals surface area contributed by atoms with E-state index in [1.165, 1.54) is 13.8 Å². The van der Waals surface area contributed by atoms with Crippen molar-refractivity contribution in [3.63, 3.8) is 0 Å². The van der Waals surface area contributed by atoms with E-state index in [4.69, 9.17) is 5.26 Å². The Morgan fingerprint density at radius 1 is 1.56 bits per heavy atom. The summed E-state index contributed by atoms with van der Waals surface area (Å²) in [6.07, 6.45) is 0. The van der Waals surface area contributed by atoms with Crippen LogP contribution in [0, 0.1) is 11.3 Å². The molecule has 0 aromatic carbocycles. The summed E-state index contributed by atoms with van der Waals surface area (Å²) in [6, 6.07) is 1.70. The Labute approximate surface area is 53.2 Å². The summed E-state index contributed by atoms with van der Waals surface area (Å²) in [5.41, 5.74) is 0.188. The summed E-state index contributed by atoms with van der Waals surface area (Å²) in [6.45, 7) is 2.78. The van der Waals surface area contributed by atoms with Gasteiger partial charge < -0.3 is 9.90 Å². The third-order valence-electron chi connectivity index (χ3n) is 1.04. The predicted molar refractivity (Wildman–Crippen MR) is 29.0 cm³/mol. The third kappa shape index (κ3) is 1.96. The first-order chi connectivity index (χ1) is 4.09. The number of carboxylic acids is 1. The van der Waals surface area contributed by atoms with E-state index in [0.717, 1.165) is 0 Å². The average molecular weight is 124 g/mol. The molecule has 0 radical (unpaired) electrons. The van der Waals surface area contributed by atoms with Crippen LogP contribution in [0.15, 0.2) is 11.1 Å². The van der Waals surface area contributed by atoms with Crippen LogP contribution in [-0.2, 0) is 4.79 Å². The highest BCUT2D eigenvalue weighted by atomic mass is 16.4. The molecule has 0 saturated carbocycles. The summed E-state index contributed by atoms with van der Waals surface area (Å²) in [7, 11) is 0. The highest BCUT2D eigenvalue weighted by Gasteiger charge is 1.93. The largest absolute Gasteiger partial charge is 0.545 e. The van der Waals surface area contributed by atoms with Crippen LogP contribution >= 0.6 is 0 Å². The molecule has 0 bridgehead atoms. The Hall–Kier alpha value is -1.30. The van der Waals surface area contributed by atoms with Crippen LogP contribution in [0.2, 0.25) is 0 Å². The molecule has 0 aliphatic rings. The van der Waals surface area contributed by atoms with E-state index in [1.54, 1.807) is 6.07 Å². The van der Waals surface area contributed by atoms with E-state index in [1.807, 2.05) is 0 Å². The quantitative estimate of drug-likeness (QED) is 0.353. The summed E-state index contributed by atoms with van der Waals surface area (Å²) >= 11 is 0. The minimum Gasteiger partial charge on any atom is -0.545 e. The normalized spacial score (nSPS) is 11.7. The zero-order valence-electron chi connectivity index (χ0n) is 5.26. The molecule has 0 unspecified atom stereocenters. The fourth-order valence-corrected chi connectivity index (χ4v) is 0.237. The van der Waals surface area contributed by atoms with Crippen LogP contribution in [-0.4, -0.2) is 5.97 Å². The van der Waals surface area contributed by atoms with Gasteiger partial charge in [-0.3, -0.25) is 0 Å². The Balaban J connectivity index is 4.54. The second-order valence-corrected chi connectivity index (χ2v) is 1.65. The van der Waals surface area contributed by atoms with Crippen molar-refractivity contribution in [2.45, 2.75) is 13.8 Å². The molecule has 0 amide bonds. The van der Waals surface area contributed by atoms with E-state index in [2.05, 4.69) is 0 Å². The smallest absolute Gasteiger partial charge is 0.0947 e. The zero-order valence-corrected chi connectivity index (χ0v) is 5.26. The van der Waals surface area contributed by atoms with E-state index in [9.17, 15) is 9.90 Å². The van der Waals surface area contributed by atoms with Crippen molar-refractivity contribution in [1.29, 1.82) is 5.26 Å². The maximum absolute atomic E-state index is 9.98. The number of carbonyl (C=O) groups is 1. The number of nitriles is 1. The molecule has 0 aromatic heterocycles. The summed E-state index contributed by atoms with van der Waals surface area (Å²) < 4.78 is 0. The molecule has 0 N–H and O–H groups in total. The highest BCUT2D eigenvalue weighted by molar-refractivity contribution is 5.85. The Bertz CT molecular complexity index is 198. The molecule has 48 valence electrons. The molecule has 0 aliphatic heterocycles. The SMILES string of the molecule is C/C(C#N)=C(\C)C(=O)[O-]. The molecule has 0 saturated heterocycles. The van der Waals surface area contributed by atoms with Gasteiger partial charge in [0.05, 0.1) is 12.0 Å². The first kappa shape index (κ1) is 7.70. The van der Waals surface area contributed by atoms with Crippen molar-refractivity contribution >= 4 is 5.97 Å². The van der Waals surface area contributed by atoms with Crippen LogP contribution < -0.4 is 5.11 Å². The number of carbonyl (C=O) groups excluding carboxylic acids is 1. The molecule has 0 aliphatic carbocycles. The van der Waals surface area contributed by atoms with Crippen LogP contribution in [0.4, 0.5) is 0 Å². The van der Waals surface area contributed by atoms with Gasteiger partial charge >= 0.3 is 0 Å². The van der Waals surface area contributed by atoms with Gasteiger partial charge in [-0.2, -0.15) is 5.26 Å². The van der Waals surface area contributed by atoms with Crippen molar-refractivity contribution in [1.82, 2.24) is 0 Å². The Morgan fingerprint density at radius 2 is 2.00 bits per heavy atom. The summed E-state index contributed by atoms with van der Waals surface area (Å²) in [5.74, 6) is -1.28. The predicted octanol–water partition coefficient (Wildman–Crippen LogP) is -0.404. The molecular formula is C6H6NO2-. The molecular weight excluding hydrogens is 118 g/mol. The van der Waals surface area contributed by atoms with Gasteiger partial charge in [-0.15, -0.1) is 0 Å².